The Morgan fingerprint density at radius 3 is 2.62 bits per heavy atom. The smallest absolute Gasteiger partial charge is 0.183 e. The molecule has 0 amide bonds. The molecule has 5 atom stereocenters. The van der Waals surface area contributed by atoms with Gasteiger partial charge in [0.1, 0.15) is 11.8 Å². The number of hydrogen-bond acceptors (Lipinski definition) is 7. The van der Waals surface area contributed by atoms with Crippen LogP contribution in [-0.4, -0.2) is 49.3 Å². The number of rotatable bonds is 2. The monoisotopic (exact) mass is 467 g/mol. The van der Waals surface area contributed by atoms with E-state index in [2.05, 4.69) is 54.8 Å². The van der Waals surface area contributed by atoms with Gasteiger partial charge in [0.2, 0.25) is 0 Å². The van der Waals surface area contributed by atoms with E-state index in [1.807, 2.05) is 4.57 Å². The number of ether oxygens (including phenoxy) is 2. The van der Waals surface area contributed by atoms with Crippen molar-refractivity contribution in [2.45, 2.75) is 84.1 Å². The minimum absolute atomic E-state index is 0.0370. The molecular formula is C26H37N5O3. The van der Waals surface area contributed by atoms with E-state index in [1.54, 1.807) is 6.33 Å². The Balaban J connectivity index is 1.30. The van der Waals surface area contributed by atoms with Crippen LogP contribution in [0.1, 0.15) is 66.2 Å². The summed E-state index contributed by atoms with van der Waals surface area (Å²) in [4.78, 5) is 13.0. The number of imidazole rings is 1. The van der Waals surface area contributed by atoms with Crippen LogP contribution in [0.5, 0.6) is 0 Å². The highest BCUT2D eigenvalue weighted by molar-refractivity contribution is 5.83. The number of allylic oxidation sites excluding steroid dienone is 1. The number of hydrogen-bond donors (Lipinski definition) is 1. The van der Waals surface area contributed by atoms with Gasteiger partial charge in [-0.05, 0) is 56.3 Å². The first-order valence-electron chi connectivity index (χ1n) is 12.8. The van der Waals surface area contributed by atoms with Crippen molar-refractivity contribution in [1.82, 2.24) is 19.5 Å². The normalized spacial score (nSPS) is 39.6. The Morgan fingerprint density at radius 1 is 1.03 bits per heavy atom. The fourth-order valence-electron chi connectivity index (χ4n) is 7.44. The fourth-order valence-corrected chi connectivity index (χ4v) is 7.44. The topological polar surface area (TPSA) is 85.5 Å². The summed E-state index contributed by atoms with van der Waals surface area (Å²) in [7, 11) is 0. The third-order valence-corrected chi connectivity index (χ3v) is 10.0. The summed E-state index contributed by atoms with van der Waals surface area (Å²) in [6.45, 7) is 11.5. The predicted molar refractivity (Wildman–Crippen MR) is 128 cm³/mol. The van der Waals surface area contributed by atoms with E-state index >= 15 is 0 Å². The number of fused-ring (bicyclic) bond motifs is 2. The molecule has 6 rings (SSSR count). The first-order chi connectivity index (χ1) is 16.2. The lowest BCUT2D eigenvalue weighted by Gasteiger charge is -2.60. The molecule has 2 aliphatic heterocycles. The summed E-state index contributed by atoms with van der Waals surface area (Å²) in [5.74, 6) is 1.15. The van der Waals surface area contributed by atoms with Gasteiger partial charge in [0.25, 0.3) is 0 Å². The van der Waals surface area contributed by atoms with Crippen LogP contribution in [0.4, 0.5) is 5.82 Å². The van der Waals surface area contributed by atoms with Crippen molar-refractivity contribution < 1.29 is 14.7 Å². The molecule has 2 saturated carbocycles. The van der Waals surface area contributed by atoms with Gasteiger partial charge in [-0.1, -0.05) is 32.9 Å². The second kappa shape index (κ2) is 7.48. The van der Waals surface area contributed by atoms with Crippen LogP contribution in [0.25, 0.3) is 11.2 Å². The lowest BCUT2D eigenvalue weighted by Crippen LogP contribution is -2.60. The van der Waals surface area contributed by atoms with Gasteiger partial charge in [0.15, 0.2) is 17.3 Å². The summed E-state index contributed by atoms with van der Waals surface area (Å²) < 4.78 is 14.7. The largest absolute Gasteiger partial charge is 0.347 e. The lowest BCUT2D eigenvalue weighted by molar-refractivity contribution is -0.289. The molecule has 4 heterocycles. The van der Waals surface area contributed by atoms with Crippen LogP contribution in [0.2, 0.25) is 0 Å². The van der Waals surface area contributed by atoms with Crippen molar-refractivity contribution in [3.8, 4) is 0 Å². The summed E-state index contributed by atoms with van der Waals surface area (Å²) in [6.07, 6.45) is 14.2. The van der Waals surface area contributed by atoms with E-state index in [1.165, 1.54) is 17.8 Å². The van der Waals surface area contributed by atoms with Gasteiger partial charge < -0.3 is 14.0 Å². The first kappa shape index (κ1) is 22.4. The van der Waals surface area contributed by atoms with E-state index in [9.17, 15) is 5.21 Å². The van der Waals surface area contributed by atoms with Gasteiger partial charge >= 0.3 is 0 Å². The molecule has 2 aromatic heterocycles. The first-order valence-corrected chi connectivity index (χ1v) is 12.8. The maximum Gasteiger partial charge on any atom is 0.183 e. The van der Waals surface area contributed by atoms with Gasteiger partial charge in [0, 0.05) is 18.4 Å². The van der Waals surface area contributed by atoms with Gasteiger partial charge in [-0.2, -0.15) is 0 Å². The maximum absolute atomic E-state index is 11.4. The number of aryl methyl sites for hydroxylation is 1. The molecule has 3 fully saturated rings. The summed E-state index contributed by atoms with van der Waals surface area (Å²) in [5.41, 5.74) is 0.920. The molecule has 1 saturated heterocycles. The van der Waals surface area contributed by atoms with Crippen LogP contribution in [0.15, 0.2) is 24.8 Å². The summed E-state index contributed by atoms with van der Waals surface area (Å²) in [5, 5.41) is 12.7. The van der Waals surface area contributed by atoms with Gasteiger partial charge in [-0.15, -0.1) is 0 Å². The van der Waals surface area contributed by atoms with Crippen LogP contribution >= 0.6 is 0 Å². The zero-order valence-electron chi connectivity index (χ0n) is 20.8. The van der Waals surface area contributed by atoms with Crippen molar-refractivity contribution in [2.75, 3.05) is 18.3 Å². The molecule has 0 unspecified atom stereocenters. The van der Waals surface area contributed by atoms with Crippen LogP contribution in [0, 0.1) is 22.7 Å². The average molecular weight is 468 g/mol. The quantitative estimate of drug-likeness (QED) is 0.639. The molecule has 0 aromatic carbocycles. The van der Waals surface area contributed by atoms with Crippen LogP contribution in [0.3, 0.4) is 0 Å². The summed E-state index contributed by atoms with van der Waals surface area (Å²) in [6, 6.07) is 0. The number of anilines is 1. The molecule has 34 heavy (non-hydrogen) atoms. The van der Waals surface area contributed by atoms with E-state index < -0.39 is 11.3 Å². The second-order valence-electron chi connectivity index (χ2n) is 11.7. The van der Waals surface area contributed by atoms with Gasteiger partial charge in [-0.3, -0.25) is 5.21 Å². The van der Waals surface area contributed by atoms with E-state index in [4.69, 9.17) is 9.47 Å². The van der Waals surface area contributed by atoms with Gasteiger partial charge in [-0.25, -0.2) is 20.0 Å². The Bertz CT molecular complexity index is 1130. The zero-order chi connectivity index (χ0) is 23.8. The van der Waals surface area contributed by atoms with Crippen molar-refractivity contribution in [3.05, 3.63) is 24.8 Å². The molecule has 0 bridgehead atoms. The van der Waals surface area contributed by atoms with Crippen molar-refractivity contribution in [1.29, 1.82) is 0 Å². The molecule has 2 aliphatic carbocycles. The third-order valence-electron chi connectivity index (χ3n) is 10.0. The molecular weight excluding hydrogens is 430 g/mol. The molecule has 184 valence electrons. The number of hydroxylamine groups is 1. The van der Waals surface area contributed by atoms with Crippen molar-refractivity contribution in [3.63, 3.8) is 0 Å². The fraction of sp³-hybridized carbons (Fsp3) is 0.731. The third kappa shape index (κ3) is 2.97. The van der Waals surface area contributed by atoms with Crippen molar-refractivity contribution in [2.24, 2.45) is 22.7 Å². The second-order valence-corrected chi connectivity index (χ2v) is 11.7. The van der Waals surface area contributed by atoms with Crippen LogP contribution < -0.4 is 5.06 Å². The lowest BCUT2D eigenvalue weighted by atomic mass is 9.48. The predicted octanol–water partition coefficient (Wildman–Crippen LogP) is 4.73. The summed E-state index contributed by atoms with van der Waals surface area (Å²) >= 11 is 0. The highest BCUT2D eigenvalue weighted by Gasteiger charge is 2.63. The molecule has 4 aliphatic rings. The highest BCUT2D eigenvalue weighted by atomic mass is 16.7. The molecule has 2 aromatic rings. The highest BCUT2D eigenvalue weighted by Crippen LogP contribution is 2.64. The molecule has 0 radical (unpaired) electrons. The minimum atomic E-state index is -0.574. The SMILES string of the molecule is C[C@@H]1[C@H]2CCCC3(OCCO3)[C@]2(C)CC[C@]1(C)/C=C/[C@@]1(C)CCn2cnc3ncnc(c32)N1O. The minimum Gasteiger partial charge on any atom is -0.347 e. The standard InChI is InChI=1S/C26H37N5O3/c1-18-19-6-5-7-26(33-14-15-34-26)25(19,4)11-9-23(18,2)8-10-24(3)12-13-30-17-29-21-20(30)22(31(24)32)28-16-27-21/h8,10,16-19,32H,5-7,9,11-15H2,1-4H3/b10-8+/t18-,19-,23+,24+,25-/m1/s1. The van der Waals surface area contributed by atoms with E-state index in [0.717, 1.165) is 44.2 Å². The molecule has 8 heteroatoms. The zero-order valence-corrected chi connectivity index (χ0v) is 20.8. The van der Waals surface area contributed by atoms with Gasteiger partial charge in [0.05, 0.1) is 25.1 Å². The molecule has 1 N–H and O–H groups in total. The maximum atomic E-state index is 11.4. The Kier molecular flexibility index (Phi) is 4.94. The molecule has 8 nitrogen and oxygen atoms in total. The molecule has 1 spiro atoms. The van der Waals surface area contributed by atoms with E-state index in [0.29, 0.717) is 36.5 Å². The number of aromatic nitrogens is 4. The van der Waals surface area contributed by atoms with E-state index in [-0.39, 0.29) is 10.8 Å². The Hall–Kier alpha value is -2.03. The van der Waals surface area contributed by atoms with Crippen LogP contribution in [-0.2, 0) is 16.0 Å². The number of nitrogens with zero attached hydrogens (tertiary/aromatic N) is 5. The Morgan fingerprint density at radius 2 is 1.82 bits per heavy atom. The Labute approximate surface area is 201 Å². The average Bonchev–Trinajstić information content (AvgIpc) is 3.46. The van der Waals surface area contributed by atoms with Crippen molar-refractivity contribution >= 4 is 17.0 Å².